The topological polar surface area (TPSA) is 144 Å². The van der Waals surface area contributed by atoms with Crippen molar-refractivity contribution in [2.45, 2.75) is 11.8 Å². The van der Waals surface area contributed by atoms with E-state index in [0.717, 1.165) is 6.07 Å². The summed E-state index contributed by atoms with van der Waals surface area (Å²) in [7, 11) is -4.41. The van der Waals surface area contributed by atoms with E-state index < -0.39 is 49.5 Å². The molecule has 4 N–H and O–H groups in total. The van der Waals surface area contributed by atoms with Crippen molar-refractivity contribution < 1.29 is 22.5 Å². The van der Waals surface area contributed by atoms with Crippen LogP contribution in [0.3, 0.4) is 0 Å². The highest BCUT2D eigenvalue weighted by molar-refractivity contribution is 7.89. The Kier molecular flexibility index (Phi) is 5.16. The van der Waals surface area contributed by atoms with Crippen LogP contribution < -0.4 is 15.8 Å². The lowest BCUT2D eigenvalue weighted by Gasteiger charge is -2.10. The lowest BCUT2D eigenvalue weighted by molar-refractivity contribution is -0.385. The van der Waals surface area contributed by atoms with E-state index in [4.69, 9.17) is 5.73 Å². The summed E-state index contributed by atoms with van der Waals surface area (Å²) in [4.78, 5) is 19.9. The van der Waals surface area contributed by atoms with Gasteiger partial charge >= 0.3 is 0 Å². The number of nitro groups is 1. The van der Waals surface area contributed by atoms with Crippen molar-refractivity contribution in [2.24, 2.45) is 0 Å². The van der Waals surface area contributed by atoms with Gasteiger partial charge < -0.3 is 11.1 Å². The molecule has 0 heterocycles. The molecule has 1 aromatic rings. The normalized spacial score (nSPS) is 11.1. The van der Waals surface area contributed by atoms with E-state index in [0.29, 0.717) is 12.6 Å². The number of amides is 1. The summed E-state index contributed by atoms with van der Waals surface area (Å²) in [5.74, 6) is -1.98. The molecule has 0 aliphatic carbocycles. The number of hydrogen-bond acceptors (Lipinski definition) is 6. The molecule has 0 atom stereocenters. The van der Waals surface area contributed by atoms with Gasteiger partial charge in [-0.25, -0.2) is 17.5 Å². The van der Waals surface area contributed by atoms with Crippen molar-refractivity contribution in [3.63, 3.8) is 0 Å². The smallest absolute Gasteiger partial charge is 0.274 e. The van der Waals surface area contributed by atoms with Crippen LogP contribution >= 0.6 is 0 Å². The van der Waals surface area contributed by atoms with Crippen LogP contribution in [-0.4, -0.2) is 32.3 Å². The first-order chi connectivity index (χ1) is 9.69. The Balaban J connectivity index is 3.09. The maximum atomic E-state index is 13.7. The molecular weight excluding hydrogens is 307 g/mol. The number of hydrogen-bond donors (Lipinski definition) is 3. The van der Waals surface area contributed by atoms with Gasteiger partial charge in [0.15, 0.2) is 5.82 Å². The summed E-state index contributed by atoms with van der Waals surface area (Å²) in [6.07, 6.45) is 0. The number of nitro benzene ring substituents is 1. The highest BCUT2D eigenvalue weighted by Gasteiger charge is 2.26. The molecule has 0 aliphatic heterocycles. The lowest BCUT2D eigenvalue weighted by Crippen LogP contribution is -2.37. The van der Waals surface area contributed by atoms with Gasteiger partial charge in [0.2, 0.25) is 15.9 Å². The first-order valence-corrected chi connectivity index (χ1v) is 7.17. The van der Waals surface area contributed by atoms with E-state index in [1.54, 1.807) is 6.92 Å². The van der Waals surface area contributed by atoms with Crippen LogP contribution in [-0.2, 0) is 14.8 Å². The summed E-state index contributed by atoms with van der Waals surface area (Å²) in [6.45, 7) is 1.33. The van der Waals surface area contributed by atoms with Crippen molar-refractivity contribution in [3.05, 3.63) is 28.1 Å². The van der Waals surface area contributed by atoms with Crippen LogP contribution in [0.25, 0.3) is 0 Å². The highest BCUT2D eigenvalue weighted by atomic mass is 32.2. The molecule has 0 fully saturated rings. The molecule has 0 saturated carbocycles. The fraction of sp³-hybridized carbons (Fsp3) is 0.300. The Bertz CT molecular complexity index is 653. The number of halogens is 1. The first kappa shape index (κ1) is 16.8. The number of non-ortho nitro benzene ring substituents is 1. The molecule has 0 radical (unpaired) electrons. The van der Waals surface area contributed by atoms with Crippen LogP contribution in [0.4, 0.5) is 15.8 Å². The Hall–Kier alpha value is -2.27. The average molecular weight is 320 g/mol. The first-order valence-electron chi connectivity index (χ1n) is 5.68. The van der Waals surface area contributed by atoms with Gasteiger partial charge in [-0.3, -0.25) is 14.9 Å². The predicted octanol–water partition coefficient (Wildman–Crippen LogP) is -0.269. The number of carbonyl (C=O) groups is 1. The Morgan fingerprint density at radius 2 is 2.10 bits per heavy atom. The molecule has 0 unspecified atom stereocenters. The second-order valence-corrected chi connectivity index (χ2v) is 5.58. The van der Waals surface area contributed by atoms with E-state index in [-0.39, 0.29) is 0 Å². The van der Waals surface area contributed by atoms with Crippen LogP contribution in [0.15, 0.2) is 17.0 Å². The number of nitrogens with zero attached hydrogens (tertiary/aromatic N) is 1. The molecule has 9 nitrogen and oxygen atoms in total. The minimum absolute atomic E-state index is 0.300. The van der Waals surface area contributed by atoms with Crippen LogP contribution in [0.2, 0.25) is 0 Å². The minimum atomic E-state index is -4.41. The zero-order valence-electron chi connectivity index (χ0n) is 10.9. The van der Waals surface area contributed by atoms with E-state index in [1.807, 2.05) is 4.72 Å². The fourth-order valence-electron chi connectivity index (χ4n) is 1.48. The second-order valence-electron chi connectivity index (χ2n) is 3.88. The summed E-state index contributed by atoms with van der Waals surface area (Å²) in [5.41, 5.74) is 4.05. The molecule has 0 spiro atoms. The van der Waals surface area contributed by atoms with Gasteiger partial charge in [-0.1, -0.05) is 0 Å². The zero-order valence-corrected chi connectivity index (χ0v) is 11.7. The summed E-state index contributed by atoms with van der Waals surface area (Å²) in [5, 5.41) is 12.9. The third-order valence-electron chi connectivity index (χ3n) is 2.33. The minimum Gasteiger partial charge on any atom is -0.397 e. The summed E-state index contributed by atoms with van der Waals surface area (Å²) >= 11 is 0. The fourth-order valence-corrected chi connectivity index (χ4v) is 2.63. The largest absolute Gasteiger partial charge is 0.397 e. The monoisotopic (exact) mass is 320 g/mol. The molecule has 21 heavy (non-hydrogen) atoms. The number of nitrogens with two attached hydrogens (primary N) is 1. The molecule has 116 valence electrons. The van der Waals surface area contributed by atoms with Gasteiger partial charge in [0, 0.05) is 12.6 Å². The molecule has 11 heteroatoms. The molecule has 1 rings (SSSR count). The van der Waals surface area contributed by atoms with Gasteiger partial charge in [-0.15, -0.1) is 0 Å². The maximum absolute atomic E-state index is 13.7. The third kappa shape index (κ3) is 4.10. The molecule has 0 aromatic heterocycles. The van der Waals surface area contributed by atoms with Crippen molar-refractivity contribution in [1.29, 1.82) is 0 Å². The van der Waals surface area contributed by atoms with Crippen molar-refractivity contribution in [1.82, 2.24) is 10.0 Å². The van der Waals surface area contributed by atoms with Crippen LogP contribution in [0.5, 0.6) is 0 Å². The van der Waals surface area contributed by atoms with Gasteiger partial charge in [0.1, 0.15) is 4.90 Å². The molecule has 0 saturated heterocycles. The van der Waals surface area contributed by atoms with Crippen LogP contribution in [0, 0.1) is 15.9 Å². The van der Waals surface area contributed by atoms with Crippen LogP contribution in [0.1, 0.15) is 6.92 Å². The number of nitrogen functional groups attached to an aromatic ring is 1. The molecule has 0 aliphatic rings. The molecular formula is C10H13FN4O5S. The van der Waals surface area contributed by atoms with Gasteiger partial charge in [-0.05, 0) is 6.92 Å². The number of carbonyl (C=O) groups excluding carboxylic acids is 1. The molecule has 1 aromatic carbocycles. The summed E-state index contributed by atoms with van der Waals surface area (Å²) < 4.78 is 39.4. The number of sulfonamides is 1. The number of likely N-dealkylation sites (N-methyl/N-ethyl adjacent to an activating group) is 1. The third-order valence-corrected chi connectivity index (χ3v) is 3.83. The second kappa shape index (κ2) is 6.45. The van der Waals surface area contributed by atoms with Crippen molar-refractivity contribution in [3.8, 4) is 0 Å². The standard InChI is InChI=1S/C10H13FN4O5S/c1-2-13-9(16)5-14-21(19,20)10-7(11)3-6(15(17)18)4-8(10)12/h3-4,14H,2,5,12H2,1H3,(H,13,16). The Morgan fingerprint density at radius 3 is 2.57 bits per heavy atom. The molecule has 1 amide bonds. The van der Waals surface area contributed by atoms with Gasteiger partial charge in [-0.2, -0.15) is 0 Å². The van der Waals surface area contributed by atoms with Gasteiger partial charge in [0.05, 0.1) is 23.2 Å². The average Bonchev–Trinajstić information content (AvgIpc) is 2.35. The Labute approximate surface area is 119 Å². The SMILES string of the molecule is CCNC(=O)CNS(=O)(=O)c1c(N)cc([N+](=O)[O-])cc1F. The zero-order chi connectivity index (χ0) is 16.2. The lowest BCUT2D eigenvalue weighted by atomic mass is 10.3. The number of nitrogens with one attached hydrogen (secondary N) is 2. The van der Waals surface area contributed by atoms with Gasteiger partial charge in [0.25, 0.3) is 5.69 Å². The van der Waals surface area contributed by atoms with E-state index in [1.165, 1.54) is 0 Å². The number of anilines is 1. The number of rotatable bonds is 6. The predicted molar refractivity (Wildman–Crippen MR) is 71.3 cm³/mol. The summed E-state index contributed by atoms with van der Waals surface area (Å²) in [6, 6.07) is 1.17. The van der Waals surface area contributed by atoms with E-state index >= 15 is 0 Å². The van der Waals surface area contributed by atoms with Crippen molar-refractivity contribution >= 4 is 27.3 Å². The van der Waals surface area contributed by atoms with E-state index in [9.17, 15) is 27.7 Å². The van der Waals surface area contributed by atoms with Crippen molar-refractivity contribution in [2.75, 3.05) is 18.8 Å². The molecule has 0 bridgehead atoms. The quantitative estimate of drug-likeness (QED) is 0.374. The van der Waals surface area contributed by atoms with E-state index in [2.05, 4.69) is 5.32 Å². The number of benzene rings is 1. The maximum Gasteiger partial charge on any atom is 0.274 e. The Morgan fingerprint density at radius 1 is 1.48 bits per heavy atom. The highest BCUT2D eigenvalue weighted by Crippen LogP contribution is 2.27.